The highest BCUT2D eigenvalue weighted by Gasteiger charge is 2.41. The topological polar surface area (TPSA) is 61.7 Å². The zero-order valence-corrected chi connectivity index (χ0v) is 10.4. The Kier molecular flexibility index (Phi) is 4.09. The fourth-order valence-electron chi connectivity index (χ4n) is 1.62. The van der Waals surface area contributed by atoms with Crippen LogP contribution in [0.15, 0.2) is 0 Å². The summed E-state index contributed by atoms with van der Waals surface area (Å²) in [6, 6.07) is -0.0455. The van der Waals surface area contributed by atoms with E-state index >= 15 is 0 Å². The molecule has 84 valence electrons. The van der Waals surface area contributed by atoms with Crippen LogP contribution in [0.4, 0.5) is 0 Å². The van der Waals surface area contributed by atoms with Gasteiger partial charge in [-0.2, -0.15) is 0 Å². The van der Waals surface area contributed by atoms with Gasteiger partial charge in [0.2, 0.25) is 0 Å². The number of ether oxygens (including phenoxy) is 1. The molecule has 1 saturated heterocycles. The van der Waals surface area contributed by atoms with Gasteiger partial charge in [-0.15, -0.1) is 0 Å². The minimum Gasteiger partial charge on any atom is -0.394 e. The molecule has 4 nitrogen and oxygen atoms in total. The fourth-order valence-corrected chi connectivity index (χ4v) is 3.10. The van der Waals surface area contributed by atoms with Gasteiger partial charge in [-0.1, -0.05) is 18.7 Å². The minimum atomic E-state index is -1.55. The summed E-state index contributed by atoms with van der Waals surface area (Å²) >= 11 is 5.30. The molecule has 0 bridgehead atoms. The van der Waals surface area contributed by atoms with E-state index in [0.29, 0.717) is 0 Å². The van der Waals surface area contributed by atoms with Crippen molar-refractivity contribution in [3.05, 3.63) is 0 Å². The van der Waals surface area contributed by atoms with E-state index in [0.717, 1.165) is 0 Å². The lowest BCUT2D eigenvalue weighted by molar-refractivity contribution is -0.114. The first kappa shape index (κ1) is 12.6. The summed E-state index contributed by atoms with van der Waals surface area (Å²) in [4.78, 5) is 0. The maximum Gasteiger partial charge on any atom is 0.159 e. The maximum absolute atomic E-state index is 9.47. The predicted molar refractivity (Wildman–Crippen MR) is 60.2 cm³/mol. The van der Waals surface area contributed by atoms with Crippen LogP contribution in [0, 0.1) is 5.92 Å². The Hall–Kier alpha value is 0.490. The third kappa shape index (κ3) is 2.99. The van der Waals surface area contributed by atoms with Crippen LogP contribution < -0.4 is 5.09 Å². The van der Waals surface area contributed by atoms with Gasteiger partial charge in [-0.05, 0) is 13.3 Å². The Bertz CT molecular complexity index is 245. The zero-order valence-electron chi connectivity index (χ0n) is 8.67. The van der Waals surface area contributed by atoms with Crippen LogP contribution in [0.2, 0.25) is 0 Å². The third-order valence-corrected chi connectivity index (χ3v) is 3.61. The van der Waals surface area contributed by atoms with Crippen molar-refractivity contribution in [2.24, 2.45) is 5.92 Å². The Balaban J connectivity index is 2.69. The first-order chi connectivity index (χ1) is 6.35. The Morgan fingerprint density at radius 2 is 2.07 bits per heavy atom. The van der Waals surface area contributed by atoms with Crippen molar-refractivity contribution in [2.75, 3.05) is 19.9 Å². The van der Waals surface area contributed by atoms with E-state index in [1.807, 2.05) is 20.3 Å². The highest BCUT2D eigenvalue weighted by Crippen LogP contribution is 2.36. The summed E-state index contributed by atoms with van der Waals surface area (Å²) in [5.41, 5.74) is 0. The molecule has 0 aromatic heterocycles. The van der Waals surface area contributed by atoms with Gasteiger partial charge < -0.3 is 14.9 Å². The van der Waals surface area contributed by atoms with Gasteiger partial charge in [0.05, 0.1) is 12.7 Å². The molecule has 1 fully saturated rings. The summed E-state index contributed by atoms with van der Waals surface area (Å²) in [5.74, 6) is -0.0330. The molecule has 1 aliphatic rings. The van der Waals surface area contributed by atoms with Crippen molar-refractivity contribution in [1.29, 1.82) is 0 Å². The van der Waals surface area contributed by atoms with Gasteiger partial charge in [-0.25, -0.2) is 0 Å². The van der Waals surface area contributed by atoms with E-state index in [9.17, 15) is 5.11 Å². The van der Waals surface area contributed by atoms with Crippen molar-refractivity contribution < 1.29 is 14.9 Å². The van der Waals surface area contributed by atoms with E-state index in [1.54, 1.807) is 0 Å². The Labute approximate surface area is 89.7 Å². The van der Waals surface area contributed by atoms with Gasteiger partial charge in [0.1, 0.15) is 0 Å². The van der Waals surface area contributed by atoms with E-state index in [1.165, 1.54) is 0 Å². The van der Waals surface area contributed by atoms with E-state index in [-0.39, 0.29) is 24.7 Å². The maximum atomic E-state index is 9.47. The van der Waals surface area contributed by atoms with Crippen LogP contribution in [0.1, 0.15) is 6.92 Å². The summed E-state index contributed by atoms with van der Waals surface area (Å²) < 4.78 is 5.20. The second-order valence-electron chi connectivity index (χ2n) is 4.11. The van der Waals surface area contributed by atoms with Crippen LogP contribution in [-0.4, -0.2) is 48.6 Å². The van der Waals surface area contributed by atoms with Gasteiger partial charge in [0.15, 0.2) is 6.29 Å². The highest BCUT2D eigenvalue weighted by atomic mass is 32.4. The average Bonchev–Trinajstić information content (AvgIpc) is 2.30. The molecule has 1 aliphatic heterocycles. The summed E-state index contributed by atoms with van der Waals surface area (Å²) in [5, 5.41) is 21.8. The number of aliphatic hydroxyl groups is 2. The van der Waals surface area contributed by atoms with Crippen LogP contribution >= 0.6 is 6.19 Å². The normalized spacial score (nSPS) is 38.9. The van der Waals surface area contributed by atoms with Crippen LogP contribution in [0.25, 0.3) is 0 Å². The molecular formula is C8H18NO3PS. The molecule has 0 amide bonds. The van der Waals surface area contributed by atoms with Gasteiger partial charge in [-0.3, -0.25) is 5.09 Å². The minimum absolute atomic E-state index is 0.0330. The van der Waals surface area contributed by atoms with Crippen molar-refractivity contribution >= 4 is 18.0 Å². The van der Waals surface area contributed by atoms with Crippen LogP contribution in [0.5, 0.6) is 0 Å². The van der Waals surface area contributed by atoms with Crippen LogP contribution in [0.3, 0.4) is 0 Å². The summed E-state index contributed by atoms with van der Waals surface area (Å²) in [6.07, 6.45) is -2.69. The summed E-state index contributed by atoms with van der Waals surface area (Å²) in [6.45, 7) is 5.76. The zero-order chi connectivity index (χ0) is 10.9. The van der Waals surface area contributed by atoms with Crippen molar-refractivity contribution in [2.45, 2.75) is 25.4 Å². The molecule has 0 aromatic rings. The lowest BCUT2D eigenvalue weighted by Crippen LogP contribution is -2.40. The van der Waals surface area contributed by atoms with Crippen LogP contribution in [-0.2, 0) is 16.5 Å². The predicted octanol–water partition coefficient (Wildman–Crippen LogP) is -0.0557. The second kappa shape index (κ2) is 4.56. The molecule has 1 unspecified atom stereocenters. The number of hydrogen-bond donors (Lipinski definition) is 3. The number of hydrogen-bond acceptors (Lipinski definition) is 4. The molecule has 6 heteroatoms. The molecule has 14 heavy (non-hydrogen) atoms. The number of rotatable bonds is 3. The van der Waals surface area contributed by atoms with Gasteiger partial charge >= 0.3 is 0 Å². The van der Waals surface area contributed by atoms with Crippen molar-refractivity contribution in [1.82, 2.24) is 5.09 Å². The number of nitrogens with one attached hydrogen (secondary N) is 1. The monoisotopic (exact) mass is 239 g/mol. The Morgan fingerprint density at radius 3 is 2.50 bits per heavy atom. The lowest BCUT2D eigenvalue weighted by atomic mass is 10.0. The first-order valence-electron chi connectivity index (χ1n) is 4.62. The molecule has 0 aliphatic carbocycles. The molecular weight excluding hydrogens is 221 g/mol. The molecule has 0 aromatic carbocycles. The Morgan fingerprint density at radius 1 is 1.50 bits per heavy atom. The SMILES string of the molecule is C[C@H]1C(NP(C)(C)=S)[C@@H](CO)O[C@H]1O. The van der Waals surface area contributed by atoms with Crippen molar-refractivity contribution in [3.8, 4) is 0 Å². The highest BCUT2D eigenvalue weighted by molar-refractivity contribution is 8.13. The molecule has 0 spiro atoms. The average molecular weight is 239 g/mol. The smallest absolute Gasteiger partial charge is 0.159 e. The number of aliphatic hydroxyl groups excluding tert-OH is 2. The van der Waals surface area contributed by atoms with E-state index in [2.05, 4.69) is 5.09 Å². The molecule has 1 heterocycles. The summed E-state index contributed by atoms with van der Waals surface area (Å²) in [7, 11) is 0. The molecule has 1 rings (SSSR count). The lowest BCUT2D eigenvalue weighted by Gasteiger charge is -2.25. The standard InChI is InChI=1S/C8H18NO3PS/c1-5-7(9-13(2,3)14)6(4-10)12-8(5)11/h5-8,10-11H,4H2,1-3H3,(H,9,14)/t5-,6+,7?,8+/m0/s1. The van der Waals surface area contributed by atoms with E-state index in [4.69, 9.17) is 21.7 Å². The largest absolute Gasteiger partial charge is 0.394 e. The third-order valence-electron chi connectivity index (χ3n) is 2.37. The second-order valence-corrected chi connectivity index (χ2v) is 9.81. The molecule has 0 saturated carbocycles. The van der Waals surface area contributed by atoms with Gasteiger partial charge in [0.25, 0.3) is 0 Å². The first-order valence-corrected chi connectivity index (χ1v) is 8.32. The molecule has 0 radical (unpaired) electrons. The molecule has 4 atom stereocenters. The van der Waals surface area contributed by atoms with Crippen molar-refractivity contribution in [3.63, 3.8) is 0 Å². The molecule has 3 N–H and O–H groups in total. The van der Waals surface area contributed by atoms with E-state index < -0.39 is 12.5 Å². The quantitative estimate of drug-likeness (QED) is 0.603. The fraction of sp³-hybridized carbons (Fsp3) is 1.00. The van der Waals surface area contributed by atoms with Gasteiger partial charge in [0, 0.05) is 18.1 Å².